The number of aromatic nitrogens is 2. The van der Waals surface area contributed by atoms with Crippen molar-refractivity contribution in [2.45, 2.75) is 18.0 Å². The Kier molecular flexibility index (Phi) is 5.03. The van der Waals surface area contributed by atoms with E-state index in [0.717, 1.165) is 28.4 Å². The lowest BCUT2D eigenvalue weighted by molar-refractivity contribution is -0.120. The molecule has 2 rings (SSSR count). The lowest BCUT2D eigenvalue weighted by atomic mass is 10.3. The standard InChI is InChI=1S/C14H17N3OS/c1-2-9-15-13(18)8-5-10-19-14-16-11-6-3-4-7-12(11)17-14/h2-4,6-7H,1,5,8-10H2,(H,15,18)(H,16,17). The van der Waals surface area contributed by atoms with Crippen molar-refractivity contribution in [1.29, 1.82) is 0 Å². The monoisotopic (exact) mass is 275 g/mol. The minimum Gasteiger partial charge on any atom is -0.353 e. The zero-order valence-corrected chi connectivity index (χ0v) is 11.5. The lowest BCUT2D eigenvalue weighted by Gasteiger charge is -2.01. The van der Waals surface area contributed by atoms with Crippen molar-refractivity contribution in [2.24, 2.45) is 0 Å². The van der Waals surface area contributed by atoms with E-state index in [-0.39, 0.29) is 5.91 Å². The normalized spacial score (nSPS) is 10.5. The van der Waals surface area contributed by atoms with Crippen LogP contribution in [0.3, 0.4) is 0 Å². The average molecular weight is 275 g/mol. The predicted molar refractivity (Wildman–Crippen MR) is 79.3 cm³/mol. The summed E-state index contributed by atoms with van der Waals surface area (Å²) in [5.41, 5.74) is 2.03. The molecule has 0 fully saturated rings. The second kappa shape index (κ2) is 6.99. The Morgan fingerprint density at radius 1 is 1.47 bits per heavy atom. The maximum atomic E-state index is 11.4. The molecule has 2 N–H and O–H groups in total. The summed E-state index contributed by atoms with van der Waals surface area (Å²) in [4.78, 5) is 19.1. The maximum absolute atomic E-state index is 11.4. The molecule has 0 unspecified atom stereocenters. The van der Waals surface area contributed by atoms with E-state index in [1.165, 1.54) is 0 Å². The molecule has 1 aromatic heterocycles. The van der Waals surface area contributed by atoms with Crippen LogP contribution in [0.1, 0.15) is 12.8 Å². The van der Waals surface area contributed by atoms with Crippen LogP contribution in [0.4, 0.5) is 0 Å². The van der Waals surface area contributed by atoms with Gasteiger partial charge in [0.05, 0.1) is 11.0 Å². The number of hydrogen-bond donors (Lipinski definition) is 2. The number of fused-ring (bicyclic) bond motifs is 1. The minimum absolute atomic E-state index is 0.0742. The summed E-state index contributed by atoms with van der Waals surface area (Å²) in [5.74, 6) is 0.950. The molecule has 0 bridgehead atoms. The Morgan fingerprint density at radius 2 is 2.32 bits per heavy atom. The van der Waals surface area contributed by atoms with Crippen LogP contribution in [0.5, 0.6) is 0 Å². The maximum Gasteiger partial charge on any atom is 0.220 e. The molecule has 0 saturated carbocycles. The smallest absolute Gasteiger partial charge is 0.220 e. The van der Waals surface area contributed by atoms with Crippen LogP contribution in [0.15, 0.2) is 42.1 Å². The number of carbonyl (C=O) groups excluding carboxylic acids is 1. The van der Waals surface area contributed by atoms with E-state index in [1.54, 1.807) is 17.8 Å². The molecule has 1 heterocycles. The highest BCUT2D eigenvalue weighted by atomic mass is 32.2. The van der Waals surface area contributed by atoms with Crippen molar-refractivity contribution < 1.29 is 4.79 Å². The van der Waals surface area contributed by atoms with Crippen molar-refractivity contribution in [1.82, 2.24) is 15.3 Å². The van der Waals surface area contributed by atoms with Gasteiger partial charge in [-0.1, -0.05) is 30.0 Å². The molecule has 0 saturated heterocycles. The van der Waals surface area contributed by atoms with Crippen molar-refractivity contribution >= 4 is 28.7 Å². The van der Waals surface area contributed by atoms with Gasteiger partial charge in [0.2, 0.25) is 5.91 Å². The van der Waals surface area contributed by atoms with Gasteiger partial charge >= 0.3 is 0 Å². The van der Waals surface area contributed by atoms with E-state index in [1.807, 2.05) is 24.3 Å². The molecular weight excluding hydrogens is 258 g/mol. The van der Waals surface area contributed by atoms with E-state index in [9.17, 15) is 4.79 Å². The third kappa shape index (κ3) is 4.13. The van der Waals surface area contributed by atoms with Crippen LogP contribution < -0.4 is 5.32 Å². The number of amides is 1. The molecule has 5 heteroatoms. The van der Waals surface area contributed by atoms with Gasteiger partial charge in [-0.2, -0.15) is 0 Å². The number of nitrogens with zero attached hydrogens (tertiary/aromatic N) is 1. The number of rotatable bonds is 7. The molecule has 19 heavy (non-hydrogen) atoms. The van der Waals surface area contributed by atoms with Gasteiger partial charge in [-0.05, 0) is 18.6 Å². The molecule has 0 aliphatic heterocycles. The van der Waals surface area contributed by atoms with Gasteiger partial charge in [-0.15, -0.1) is 6.58 Å². The van der Waals surface area contributed by atoms with Gasteiger partial charge in [0.25, 0.3) is 0 Å². The third-order valence-corrected chi connectivity index (χ3v) is 3.56. The largest absolute Gasteiger partial charge is 0.353 e. The molecule has 0 spiro atoms. The fourth-order valence-electron chi connectivity index (χ4n) is 1.67. The Bertz CT molecular complexity index is 532. The van der Waals surface area contributed by atoms with E-state index in [0.29, 0.717) is 13.0 Å². The van der Waals surface area contributed by atoms with Gasteiger partial charge in [0.15, 0.2) is 5.16 Å². The number of thioether (sulfide) groups is 1. The van der Waals surface area contributed by atoms with Crippen LogP contribution >= 0.6 is 11.8 Å². The number of H-pyrrole nitrogens is 1. The summed E-state index contributed by atoms with van der Waals surface area (Å²) < 4.78 is 0. The van der Waals surface area contributed by atoms with Crippen LogP contribution in [-0.2, 0) is 4.79 Å². The summed E-state index contributed by atoms with van der Waals surface area (Å²) in [6.45, 7) is 4.10. The zero-order valence-electron chi connectivity index (χ0n) is 10.7. The van der Waals surface area contributed by atoms with Gasteiger partial charge in [0.1, 0.15) is 0 Å². The summed E-state index contributed by atoms with van der Waals surface area (Å²) in [7, 11) is 0. The molecule has 0 radical (unpaired) electrons. The third-order valence-electron chi connectivity index (χ3n) is 2.60. The van der Waals surface area contributed by atoms with Crippen LogP contribution in [-0.4, -0.2) is 28.2 Å². The van der Waals surface area contributed by atoms with Crippen LogP contribution in [0, 0.1) is 0 Å². The molecule has 1 aromatic carbocycles. The van der Waals surface area contributed by atoms with Gasteiger partial charge < -0.3 is 10.3 Å². The molecule has 0 aliphatic carbocycles. The number of imidazole rings is 1. The van der Waals surface area contributed by atoms with Crippen molar-refractivity contribution in [3.63, 3.8) is 0 Å². The number of nitrogens with one attached hydrogen (secondary N) is 2. The highest BCUT2D eigenvalue weighted by molar-refractivity contribution is 7.99. The number of benzene rings is 1. The number of para-hydroxylation sites is 2. The first-order chi connectivity index (χ1) is 9.29. The van der Waals surface area contributed by atoms with E-state index in [2.05, 4.69) is 21.9 Å². The van der Waals surface area contributed by atoms with Gasteiger partial charge in [-0.3, -0.25) is 4.79 Å². The van der Waals surface area contributed by atoms with E-state index in [4.69, 9.17) is 0 Å². The zero-order chi connectivity index (χ0) is 13.5. The number of carbonyl (C=O) groups is 1. The Hall–Kier alpha value is -1.75. The van der Waals surface area contributed by atoms with Gasteiger partial charge in [-0.25, -0.2) is 4.98 Å². The molecule has 2 aromatic rings. The first kappa shape index (κ1) is 13.7. The lowest BCUT2D eigenvalue weighted by Crippen LogP contribution is -2.22. The Balaban J connectivity index is 1.73. The molecule has 4 nitrogen and oxygen atoms in total. The highest BCUT2D eigenvalue weighted by Crippen LogP contribution is 2.19. The molecule has 0 aliphatic rings. The van der Waals surface area contributed by atoms with Crippen molar-refractivity contribution in [3.8, 4) is 0 Å². The number of aromatic amines is 1. The molecule has 0 atom stereocenters. The number of hydrogen-bond acceptors (Lipinski definition) is 3. The Morgan fingerprint density at radius 3 is 3.11 bits per heavy atom. The second-order valence-electron chi connectivity index (χ2n) is 4.10. The summed E-state index contributed by atoms with van der Waals surface area (Å²) in [6, 6.07) is 7.95. The first-order valence-electron chi connectivity index (χ1n) is 6.25. The van der Waals surface area contributed by atoms with Crippen LogP contribution in [0.2, 0.25) is 0 Å². The van der Waals surface area contributed by atoms with Crippen LogP contribution in [0.25, 0.3) is 11.0 Å². The summed E-state index contributed by atoms with van der Waals surface area (Å²) >= 11 is 1.65. The summed E-state index contributed by atoms with van der Waals surface area (Å²) in [6.07, 6.45) is 3.06. The summed E-state index contributed by atoms with van der Waals surface area (Å²) in [5, 5.41) is 3.67. The predicted octanol–water partition coefficient (Wildman–Crippen LogP) is 2.74. The quantitative estimate of drug-likeness (QED) is 0.464. The van der Waals surface area contributed by atoms with E-state index < -0.39 is 0 Å². The first-order valence-corrected chi connectivity index (χ1v) is 7.23. The fourth-order valence-corrected chi connectivity index (χ4v) is 2.50. The van der Waals surface area contributed by atoms with Crippen molar-refractivity contribution in [2.75, 3.05) is 12.3 Å². The second-order valence-corrected chi connectivity index (χ2v) is 5.19. The van der Waals surface area contributed by atoms with Gasteiger partial charge in [0, 0.05) is 18.7 Å². The Labute approximate surface area is 116 Å². The minimum atomic E-state index is 0.0742. The van der Waals surface area contributed by atoms with Crippen molar-refractivity contribution in [3.05, 3.63) is 36.9 Å². The molecule has 1 amide bonds. The topological polar surface area (TPSA) is 57.8 Å². The molecule has 100 valence electrons. The average Bonchev–Trinajstić information content (AvgIpc) is 2.84. The molecular formula is C14H17N3OS. The highest BCUT2D eigenvalue weighted by Gasteiger charge is 2.03. The SMILES string of the molecule is C=CCNC(=O)CCCSc1nc2ccccc2[nH]1. The van der Waals surface area contributed by atoms with E-state index >= 15 is 0 Å². The fraction of sp³-hybridized carbons (Fsp3) is 0.286.